The standard InChI is InChI=1S/C13H26N4OS/c1-3-11(13(14)19)17-9-7-16(8-10-17)6-5-12(18)15-4-2/h11H,3-10H2,1-2H3,(H2,14,19)(H,15,18). The molecule has 1 aliphatic heterocycles. The molecule has 1 saturated heterocycles. The molecule has 110 valence electrons. The number of piperazine rings is 1. The van der Waals surface area contributed by atoms with Gasteiger partial charge in [-0.1, -0.05) is 19.1 Å². The summed E-state index contributed by atoms with van der Waals surface area (Å²) >= 11 is 5.11. The molecule has 0 aromatic heterocycles. The third-order valence-electron chi connectivity index (χ3n) is 3.59. The van der Waals surface area contributed by atoms with E-state index in [0.717, 1.165) is 39.1 Å². The normalized spacial score (nSPS) is 19.1. The molecule has 1 aliphatic rings. The molecule has 5 nitrogen and oxygen atoms in total. The molecule has 1 heterocycles. The Morgan fingerprint density at radius 2 is 1.95 bits per heavy atom. The lowest BCUT2D eigenvalue weighted by Crippen LogP contribution is -2.53. The number of hydrogen-bond donors (Lipinski definition) is 2. The molecule has 19 heavy (non-hydrogen) atoms. The molecule has 0 saturated carbocycles. The van der Waals surface area contributed by atoms with Gasteiger partial charge in [-0.25, -0.2) is 0 Å². The van der Waals surface area contributed by atoms with Gasteiger partial charge in [0.2, 0.25) is 5.91 Å². The zero-order chi connectivity index (χ0) is 14.3. The van der Waals surface area contributed by atoms with Crippen LogP contribution < -0.4 is 11.1 Å². The SMILES string of the molecule is CCNC(=O)CCN1CCN(C(CC)C(N)=S)CC1. The van der Waals surface area contributed by atoms with E-state index in [-0.39, 0.29) is 11.9 Å². The highest BCUT2D eigenvalue weighted by Crippen LogP contribution is 2.10. The van der Waals surface area contributed by atoms with E-state index in [4.69, 9.17) is 18.0 Å². The van der Waals surface area contributed by atoms with Crippen LogP contribution in [-0.4, -0.2) is 66.0 Å². The van der Waals surface area contributed by atoms with E-state index in [1.54, 1.807) is 0 Å². The first-order valence-electron chi connectivity index (χ1n) is 7.10. The van der Waals surface area contributed by atoms with Crippen LogP contribution >= 0.6 is 12.2 Å². The predicted octanol–water partition coefficient (Wildman–Crippen LogP) is 0.195. The number of carbonyl (C=O) groups is 1. The molecule has 1 fully saturated rings. The minimum atomic E-state index is 0.138. The highest BCUT2D eigenvalue weighted by molar-refractivity contribution is 7.80. The van der Waals surface area contributed by atoms with Crippen molar-refractivity contribution in [2.45, 2.75) is 32.7 Å². The van der Waals surface area contributed by atoms with Crippen molar-refractivity contribution in [1.29, 1.82) is 0 Å². The van der Waals surface area contributed by atoms with E-state index in [1.807, 2.05) is 6.92 Å². The summed E-state index contributed by atoms with van der Waals surface area (Å²) in [5.74, 6) is 0.138. The van der Waals surface area contributed by atoms with Gasteiger partial charge in [-0.15, -0.1) is 0 Å². The van der Waals surface area contributed by atoms with Gasteiger partial charge in [0.1, 0.15) is 0 Å². The lowest BCUT2D eigenvalue weighted by molar-refractivity contribution is -0.121. The number of rotatable bonds is 7. The van der Waals surface area contributed by atoms with E-state index in [9.17, 15) is 4.79 Å². The number of nitrogens with zero attached hydrogens (tertiary/aromatic N) is 2. The lowest BCUT2D eigenvalue weighted by Gasteiger charge is -2.38. The maximum Gasteiger partial charge on any atom is 0.221 e. The van der Waals surface area contributed by atoms with Crippen LogP contribution in [0.1, 0.15) is 26.7 Å². The first-order valence-corrected chi connectivity index (χ1v) is 7.51. The molecule has 0 aromatic rings. The summed E-state index contributed by atoms with van der Waals surface area (Å²) in [6, 6.07) is 0.223. The van der Waals surface area contributed by atoms with Gasteiger partial charge < -0.3 is 16.0 Å². The monoisotopic (exact) mass is 286 g/mol. The number of hydrogen-bond acceptors (Lipinski definition) is 4. The Bertz CT molecular complexity index is 303. The van der Waals surface area contributed by atoms with Gasteiger partial charge in [0.15, 0.2) is 0 Å². The van der Waals surface area contributed by atoms with E-state index in [0.29, 0.717) is 18.0 Å². The molecule has 1 unspecified atom stereocenters. The number of nitrogens with one attached hydrogen (secondary N) is 1. The Hall–Kier alpha value is -0.720. The van der Waals surface area contributed by atoms with Gasteiger partial charge >= 0.3 is 0 Å². The smallest absolute Gasteiger partial charge is 0.221 e. The molecular formula is C13H26N4OS. The summed E-state index contributed by atoms with van der Waals surface area (Å²) in [6.07, 6.45) is 1.55. The van der Waals surface area contributed by atoms with Crippen LogP contribution in [0.25, 0.3) is 0 Å². The van der Waals surface area contributed by atoms with Gasteiger partial charge in [0, 0.05) is 45.7 Å². The fourth-order valence-electron chi connectivity index (χ4n) is 2.48. The number of thiocarbonyl (C=S) groups is 1. The first kappa shape index (κ1) is 16.3. The van der Waals surface area contributed by atoms with Gasteiger partial charge in [0.25, 0.3) is 0 Å². The van der Waals surface area contributed by atoms with Crippen LogP contribution in [0, 0.1) is 0 Å². The number of carbonyl (C=O) groups excluding carboxylic acids is 1. The molecule has 1 atom stereocenters. The van der Waals surface area contributed by atoms with E-state index in [1.165, 1.54) is 0 Å². The third-order valence-corrected chi connectivity index (χ3v) is 3.86. The molecule has 1 amide bonds. The van der Waals surface area contributed by atoms with Gasteiger partial charge in [-0.05, 0) is 13.3 Å². The van der Waals surface area contributed by atoms with Crippen LogP contribution in [0.3, 0.4) is 0 Å². The fourth-order valence-corrected chi connectivity index (χ4v) is 2.80. The van der Waals surface area contributed by atoms with E-state index < -0.39 is 0 Å². The number of nitrogens with two attached hydrogens (primary N) is 1. The van der Waals surface area contributed by atoms with Crippen LogP contribution in [0.15, 0.2) is 0 Å². The van der Waals surface area contributed by atoms with Crippen molar-refractivity contribution >= 4 is 23.1 Å². The summed E-state index contributed by atoms with van der Waals surface area (Å²) in [6.45, 7) is 9.53. The van der Waals surface area contributed by atoms with Gasteiger partial charge in [-0.3, -0.25) is 9.69 Å². The van der Waals surface area contributed by atoms with Crippen molar-refractivity contribution in [3.8, 4) is 0 Å². The average Bonchev–Trinajstić information content (AvgIpc) is 2.38. The van der Waals surface area contributed by atoms with Crippen molar-refractivity contribution in [3.05, 3.63) is 0 Å². The third kappa shape index (κ3) is 5.42. The second-order valence-electron chi connectivity index (χ2n) is 4.91. The molecule has 0 aromatic carbocycles. The van der Waals surface area contributed by atoms with Gasteiger partial charge in [-0.2, -0.15) is 0 Å². The van der Waals surface area contributed by atoms with Crippen LogP contribution in [0.4, 0.5) is 0 Å². The molecule has 0 bridgehead atoms. The van der Waals surface area contributed by atoms with Crippen LogP contribution in [0.2, 0.25) is 0 Å². The Kier molecular flexibility index (Phi) is 7.27. The van der Waals surface area contributed by atoms with Crippen LogP contribution in [-0.2, 0) is 4.79 Å². The van der Waals surface area contributed by atoms with Crippen molar-refractivity contribution in [2.24, 2.45) is 5.73 Å². The Labute approximate surface area is 121 Å². The maximum atomic E-state index is 11.4. The Morgan fingerprint density at radius 3 is 2.42 bits per heavy atom. The van der Waals surface area contributed by atoms with Crippen LogP contribution in [0.5, 0.6) is 0 Å². The minimum Gasteiger partial charge on any atom is -0.392 e. The molecule has 0 radical (unpaired) electrons. The zero-order valence-electron chi connectivity index (χ0n) is 12.0. The average molecular weight is 286 g/mol. The number of amides is 1. The fraction of sp³-hybridized carbons (Fsp3) is 0.846. The second kappa shape index (κ2) is 8.45. The Balaban J connectivity index is 2.28. The minimum absolute atomic E-state index is 0.138. The summed E-state index contributed by atoms with van der Waals surface area (Å²) in [7, 11) is 0. The highest BCUT2D eigenvalue weighted by atomic mass is 32.1. The lowest BCUT2D eigenvalue weighted by atomic mass is 10.1. The molecule has 0 aliphatic carbocycles. The second-order valence-corrected chi connectivity index (χ2v) is 5.38. The molecule has 3 N–H and O–H groups in total. The molecule has 0 spiro atoms. The molecular weight excluding hydrogens is 260 g/mol. The summed E-state index contributed by atoms with van der Waals surface area (Å²) in [4.78, 5) is 16.7. The Morgan fingerprint density at radius 1 is 1.32 bits per heavy atom. The predicted molar refractivity (Wildman–Crippen MR) is 82.2 cm³/mol. The quantitative estimate of drug-likeness (QED) is 0.655. The maximum absolute atomic E-state index is 11.4. The first-order chi connectivity index (χ1) is 9.08. The van der Waals surface area contributed by atoms with Crippen molar-refractivity contribution < 1.29 is 4.79 Å². The summed E-state index contributed by atoms with van der Waals surface area (Å²) < 4.78 is 0. The highest BCUT2D eigenvalue weighted by Gasteiger charge is 2.24. The molecule has 6 heteroatoms. The van der Waals surface area contributed by atoms with Crippen molar-refractivity contribution in [1.82, 2.24) is 15.1 Å². The largest absolute Gasteiger partial charge is 0.392 e. The van der Waals surface area contributed by atoms with E-state index in [2.05, 4.69) is 22.0 Å². The van der Waals surface area contributed by atoms with Crippen molar-refractivity contribution in [2.75, 3.05) is 39.3 Å². The van der Waals surface area contributed by atoms with Crippen molar-refractivity contribution in [3.63, 3.8) is 0 Å². The van der Waals surface area contributed by atoms with E-state index >= 15 is 0 Å². The molecule has 1 rings (SSSR count). The topological polar surface area (TPSA) is 61.6 Å². The zero-order valence-corrected chi connectivity index (χ0v) is 12.8. The summed E-state index contributed by atoms with van der Waals surface area (Å²) in [5.41, 5.74) is 5.77. The van der Waals surface area contributed by atoms with Gasteiger partial charge in [0.05, 0.1) is 11.0 Å². The summed E-state index contributed by atoms with van der Waals surface area (Å²) in [5, 5.41) is 2.83.